The predicted octanol–water partition coefficient (Wildman–Crippen LogP) is 5.79. The van der Waals surface area contributed by atoms with E-state index in [-0.39, 0.29) is 72.3 Å². The average Bonchev–Trinajstić information content (AvgIpc) is 4.21. The molecule has 6 N–H and O–H groups in total. The smallest absolute Gasteiger partial charge is 0.251 e. The van der Waals surface area contributed by atoms with E-state index in [1.165, 1.54) is 24.3 Å². The van der Waals surface area contributed by atoms with Crippen LogP contribution in [-0.2, 0) is 55.7 Å². The Morgan fingerprint density at radius 3 is 1.28 bits per heavy atom. The molecule has 0 unspecified atom stereocenters. The zero-order valence-corrected chi connectivity index (χ0v) is 48.7. The Morgan fingerprint density at radius 1 is 0.573 bits per heavy atom. The summed E-state index contributed by atoms with van der Waals surface area (Å²) in [5.74, 6) is -2.21. The van der Waals surface area contributed by atoms with Gasteiger partial charge < -0.3 is 41.0 Å². The molecule has 6 atom stereocenters. The van der Waals surface area contributed by atoms with Crippen LogP contribution in [0.5, 0.6) is 0 Å². The number of rotatable bonds is 25. The molecule has 20 nitrogen and oxygen atoms in total. The predicted molar refractivity (Wildman–Crippen MR) is 309 cm³/mol. The second-order valence-electron chi connectivity index (χ2n) is 23.5. The lowest BCUT2D eigenvalue weighted by Gasteiger charge is -2.30. The number of likely N-dealkylation sites (N-methyl/N-ethyl adjacent to an activating group) is 2. The fourth-order valence-corrected chi connectivity index (χ4v) is 10.8. The van der Waals surface area contributed by atoms with Crippen LogP contribution in [0.1, 0.15) is 151 Å². The summed E-state index contributed by atoms with van der Waals surface area (Å²) < 4.78 is 30.6. The Morgan fingerprint density at radius 2 is 0.927 bits per heavy atom. The highest BCUT2D eigenvalue weighted by Crippen LogP contribution is 2.41. The van der Waals surface area contributed by atoms with Crippen molar-refractivity contribution in [1.82, 2.24) is 61.2 Å². The van der Waals surface area contributed by atoms with E-state index in [4.69, 9.17) is 0 Å². The monoisotopic (exact) mass is 1130 g/mol. The maximum absolute atomic E-state index is 14.8. The van der Waals surface area contributed by atoms with Crippen LogP contribution in [0.15, 0.2) is 82.6 Å². The molecule has 0 aliphatic carbocycles. The molecule has 6 heterocycles. The first kappa shape index (κ1) is 60.4. The summed E-state index contributed by atoms with van der Waals surface area (Å²) in [5, 5.41) is 29.6. The minimum Gasteiger partial charge on any atom is -0.341 e. The normalized spacial score (nSPS) is 16.4. The van der Waals surface area contributed by atoms with Gasteiger partial charge in [-0.3, -0.25) is 28.8 Å². The van der Waals surface area contributed by atoms with Crippen LogP contribution in [0.25, 0.3) is 0 Å². The second kappa shape index (κ2) is 25.6. The van der Waals surface area contributed by atoms with Gasteiger partial charge in [-0.2, -0.15) is 0 Å². The van der Waals surface area contributed by atoms with Crippen LogP contribution in [0.4, 0.5) is 20.2 Å². The SMILES string of the molecule is CN[C@@H](C)C(=O)N[C@H](C(=O)N1CC(C)(C)c2[nH]c(=O)c(Cc3ccc(F)cc3)cc21)[C@H](C)n1cc(CCCCCCCCc2cn([C@@H](C)[C@H](NC(=O)[C@H](C)NC)C(=O)N3CC(C)(C)c4[nH]c(=O)c(Cc5ccc(F)cc5)cc43)nn2)nn1. The third kappa shape index (κ3) is 13.8. The maximum atomic E-state index is 14.8. The number of aryl methyl sites for hydroxylation is 2. The number of hydrogen-bond donors (Lipinski definition) is 6. The van der Waals surface area contributed by atoms with Crippen molar-refractivity contribution in [1.29, 1.82) is 0 Å². The number of halogens is 2. The van der Waals surface area contributed by atoms with Gasteiger partial charge in [-0.1, -0.05) is 88.1 Å². The first-order valence-corrected chi connectivity index (χ1v) is 28.4. The quantitative estimate of drug-likeness (QED) is 0.0373. The van der Waals surface area contributed by atoms with Gasteiger partial charge in [0.1, 0.15) is 23.7 Å². The Labute approximate surface area is 476 Å². The van der Waals surface area contributed by atoms with Gasteiger partial charge in [0.2, 0.25) is 11.8 Å². The average molecular weight is 1130 g/mol. The third-order valence-electron chi connectivity index (χ3n) is 16.2. The summed E-state index contributed by atoms with van der Waals surface area (Å²) in [6, 6.07) is 10.8. The zero-order valence-electron chi connectivity index (χ0n) is 48.7. The van der Waals surface area contributed by atoms with Crippen molar-refractivity contribution in [2.75, 3.05) is 37.0 Å². The molecule has 0 saturated heterocycles. The third-order valence-corrected chi connectivity index (χ3v) is 16.2. The molecule has 0 bridgehead atoms. The fraction of sp³-hybridized carbons (Fsp3) is 0.500. The summed E-state index contributed by atoms with van der Waals surface area (Å²) in [6.45, 7) is 15.4. The van der Waals surface area contributed by atoms with Crippen molar-refractivity contribution < 1.29 is 28.0 Å². The number of carbonyl (C=O) groups excluding carboxylic acids is 4. The van der Waals surface area contributed by atoms with Gasteiger partial charge in [0.15, 0.2) is 0 Å². The molecular formula is C60H78F2N14O6. The van der Waals surface area contributed by atoms with Crippen molar-refractivity contribution in [2.24, 2.45) is 0 Å². The molecule has 2 aliphatic rings. The van der Waals surface area contributed by atoms with Crippen LogP contribution >= 0.6 is 0 Å². The number of fused-ring (bicyclic) bond motifs is 2. The number of nitrogens with zero attached hydrogens (tertiary/aromatic N) is 8. The van der Waals surface area contributed by atoms with Crippen molar-refractivity contribution in [3.8, 4) is 0 Å². The van der Waals surface area contributed by atoms with Crippen molar-refractivity contribution >= 4 is 35.0 Å². The van der Waals surface area contributed by atoms with Crippen molar-refractivity contribution in [3.63, 3.8) is 0 Å². The maximum Gasteiger partial charge on any atom is 0.251 e. The minimum absolute atomic E-state index is 0.234. The Balaban J connectivity index is 0.848. The number of H-pyrrole nitrogens is 2. The van der Waals surface area contributed by atoms with E-state index in [0.29, 0.717) is 46.7 Å². The zero-order chi connectivity index (χ0) is 59.2. The number of carbonyl (C=O) groups is 4. The van der Waals surface area contributed by atoms with E-state index in [2.05, 4.69) is 51.9 Å². The standard InChI is InChI=1S/C60H78F2N14O6/c1-35(63-9)53(77)65-49(57(81)73-33-59(5,6)51-47(73)29-41(55(79)67-51)27-39-19-23-43(61)24-20-39)37(3)75-31-45(69-71-75)17-15-13-11-12-14-16-18-46-32-76(72-70-46)38(4)50(66-54(78)36(2)64-10)58(82)74-34-60(7,8)52-48(74)30-42(56(80)68-52)28-40-21-25-44(62)26-22-40/h19-26,29-32,35-38,49-50,63-64H,11-18,27-28,33-34H2,1-10H3,(H,65,77)(H,66,78)(H,67,79)(H,68,80)/t35-,36-,37-,38-,49-,50-/m0/s1. The Bertz CT molecular complexity index is 3150. The van der Waals surface area contributed by atoms with Gasteiger partial charge in [0, 0.05) is 71.7 Å². The molecular weight excluding hydrogens is 1050 g/mol. The first-order valence-electron chi connectivity index (χ1n) is 28.4. The van der Waals surface area contributed by atoms with Crippen LogP contribution in [-0.4, -0.2) is 115 Å². The summed E-state index contributed by atoms with van der Waals surface area (Å²) in [7, 11) is 3.34. The van der Waals surface area contributed by atoms with Crippen LogP contribution < -0.4 is 42.2 Å². The van der Waals surface area contributed by atoms with Gasteiger partial charge in [0.25, 0.3) is 22.9 Å². The molecule has 4 aromatic heterocycles. The lowest BCUT2D eigenvalue weighted by Crippen LogP contribution is -2.55. The number of aromatic amines is 2. The van der Waals surface area contributed by atoms with E-state index >= 15 is 0 Å². The first-order chi connectivity index (χ1) is 39.0. The molecule has 0 saturated carbocycles. The summed E-state index contributed by atoms with van der Waals surface area (Å²) in [5.41, 5.74) is 4.41. The lowest BCUT2D eigenvalue weighted by atomic mass is 9.91. The van der Waals surface area contributed by atoms with Gasteiger partial charge in [-0.15, -0.1) is 10.2 Å². The van der Waals surface area contributed by atoms with Crippen LogP contribution in [0.3, 0.4) is 0 Å². The summed E-state index contributed by atoms with van der Waals surface area (Å²) >= 11 is 0. The molecule has 438 valence electrons. The number of amides is 4. The highest BCUT2D eigenvalue weighted by atomic mass is 19.1. The molecule has 6 aromatic rings. The topological polar surface area (TPSA) is 250 Å². The molecule has 2 aliphatic heterocycles. The van der Waals surface area contributed by atoms with E-state index < -0.39 is 47.1 Å². The number of anilines is 2. The van der Waals surface area contributed by atoms with Crippen molar-refractivity contribution in [3.05, 3.63) is 150 Å². The summed E-state index contributed by atoms with van der Waals surface area (Å²) in [4.78, 5) is 92.4. The number of hydrogen-bond acceptors (Lipinski definition) is 12. The molecule has 82 heavy (non-hydrogen) atoms. The highest BCUT2D eigenvalue weighted by molar-refractivity contribution is 6.03. The van der Waals surface area contributed by atoms with E-state index in [1.807, 2.05) is 53.9 Å². The number of aromatic nitrogens is 8. The Hall–Kier alpha value is -7.72. The van der Waals surface area contributed by atoms with Crippen molar-refractivity contribution in [2.45, 2.75) is 167 Å². The largest absolute Gasteiger partial charge is 0.341 e. The van der Waals surface area contributed by atoms with Gasteiger partial charge in [-0.25, -0.2) is 18.1 Å². The minimum atomic E-state index is -1.04. The van der Waals surface area contributed by atoms with Crippen LogP contribution in [0, 0.1) is 11.6 Å². The number of benzene rings is 2. The molecule has 0 spiro atoms. The highest BCUT2D eigenvalue weighted by Gasteiger charge is 2.45. The molecule has 0 radical (unpaired) electrons. The number of unbranched alkanes of at least 4 members (excludes halogenated alkanes) is 5. The van der Waals surface area contributed by atoms with Gasteiger partial charge >= 0.3 is 0 Å². The molecule has 0 fully saturated rings. The van der Waals surface area contributed by atoms with Gasteiger partial charge in [0.05, 0.1) is 46.9 Å². The van der Waals surface area contributed by atoms with Gasteiger partial charge in [-0.05, 0) is 115 Å². The Kier molecular flexibility index (Phi) is 18.9. The number of pyridine rings is 2. The lowest BCUT2D eigenvalue weighted by molar-refractivity contribution is -0.129. The molecule has 8 rings (SSSR count). The second-order valence-corrected chi connectivity index (χ2v) is 23.5. The summed E-state index contributed by atoms with van der Waals surface area (Å²) in [6.07, 6.45) is 11.1. The molecule has 22 heteroatoms. The van der Waals surface area contributed by atoms with E-state index in [0.717, 1.165) is 61.0 Å². The van der Waals surface area contributed by atoms with Crippen LogP contribution in [0.2, 0.25) is 0 Å². The van der Waals surface area contributed by atoms with E-state index in [1.54, 1.807) is 83.5 Å². The fourth-order valence-electron chi connectivity index (χ4n) is 10.8. The molecule has 2 aromatic carbocycles. The molecule has 4 amide bonds. The number of nitrogens with one attached hydrogen (secondary N) is 6. The van der Waals surface area contributed by atoms with E-state index in [9.17, 15) is 37.5 Å².